The predicted molar refractivity (Wildman–Crippen MR) is 36.5 cm³/mol. The normalized spacial score (nSPS) is 38.9. The fraction of sp³-hybridized carbons (Fsp3) is 1.00. The van der Waals surface area contributed by atoms with E-state index >= 15 is 0 Å². The molecule has 1 fully saturated rings. The van der Waals surface area contributed by atoms with Crippen molar-refractivity contribution in [2.24, 2.45) is 0 Å². The van der Waals surface area contributed by atoms with E-state index in [9.17, 15) is 14.4 Å². The number of ether oxygens (including phenoxy) is 1. The van der Waals surface area contributed by atoms with Crippen LogP contribution in [0.3, 0.4) is 0 Å². The summed E-state index contributed by atoms with van der Waals surface area (Å²) in [7, 11) is -5.29. The molecule has 0 bridgehead atoms. The van der Waals surface area contributed by atoms with Crippen molar-refractivity contribution in [3.05, 3.63) is 0 Å². The third-order valence-electron chi connectivity index (χ3n) is 1.73. The van der Waals surface area contributed by atoms with Crippen LogP contribution in [-0.4, -0.2) is 46.5 Å². The number of rotatable bonds is 3. The minimum Gasteiger partial charge on any atom is -0.790 e. The summed E-state index contributed by atoms with van der Waals surface area (Å²) in [4.78, 5) is 20.3. The highest BCUT2D eigenvalue weighted by Gasteiger charge is 2.43. The van der Waals surface area contributed by atoms with Gasteiger partial charge in [0.1, 0.15) is 18.3 Å². The van der Waals surface area contributed by atoms with Gasteiger partial charge in [0.15, 0.2) is 6.29 Å². The third-order valence-corrected chi connectivity index (χ3v) is 2.20. The molecule has 0 spiro atoms. The topological polar surface area (TPSA) is 142 Å². The summed E-state index contributed by atoms with van der Waals surface area (Å²) in [5.74, 6) is 0. The van der Waals surface area contributed by atoms with Crippen LogP contribution in [0.25, 0.3) is 0 Å². The molecule has 84 valence electrons. The molecule has 0 aromatic carbocycles. The van der Waals surface area contributed by atoms with Gasteiger partial charge in [-0.05, 0) is 0 Å². The smallest absolute Gasteiger partial charge is 0.191 e. The standard InChI is InChI=1S/C5H11O8P/c6-1-2-3(7)4(8)5(12-2)13-14(9,10)11/h2-8H,1H2,(H2,9,10,11)/p-2/t2-,3-,4-,5?/m1/s1. The second-order valence-electron chi connectivity index (χ2n) is 2.76. The van der Waals surface area contributed by atoms with Gasteiger partial charge in [0.2, 0.25) is 0 Å². The Morgan fingerprint density at radius 3 is 2.29 bits per heavy atom. The van der Waals surface area contributed by atoms with Gasteiger partial charge in [-0.1, -0.05) is 0 Å². The molecule has 0 saturated carbocycles. The minimum absolute atomic E-state index is 0.625. The summed E-state index contributed by atoms with van der Waals surface area (Å²) in [6, 6.07) is 0. The first-order valence-corrected chi connectivity index (χ1v) is 5.14. The number of aliphatic hydroxyl groups excluding tert-OH is 3. The third kappa shape index (κ3) is 2.72. The van der Waals surface area contributed by atoms with Crippen LogP contribution >= 0.6 is 7.82 Å². The maximum atomic E-state index is 10.1. The molecule has 1 rings (SSSR count). The summed E-state index contributed by atoms with van der Waals surface area (Å²) in [6.07, 6.45) is -6.09. The highest BCUT2D eigenvalue weighted by atomic mass is 31.2. The molecule has 8 nitrogen and oxygen atoms in total. The Balaban J connectivity index is 2.61. The van der Waals surface area contributed by atoms with Crippen LogP contribution in [0.4, 0.5) is 0 Å². The van der Waals surface area contributed by atoms with E-state index in [0.29, 0.717) is 0 Å². The fourth-order valence-electron chi connectivity index (χ4n) is 1.08. The zero-order valence-corrected chi connectivity index (χ0v) is 7.74. The first-order chi connectivity index (χ1) is 6.35. The Bertz CT molecular complexity index is 238. The SMILES string of the molecule is O=P([O-])([O-])OC1O[C@H](CO)[C@@H](O)[C@H]1O. The molecule has 1 aliphatic heterocycles. The quantitative estimate of drug-likeness (QED) is 0.418. The van der Waals surface area contributed by atoms with Gasteiger partial charge in [0.25, 0.3) is 0 Å². The Hall–Kier alpha value is -0.0500. The largest absolute Gasteiger partial charge is 0.790 e. The van der Waals surface area contributed by atoms with Gasteiger partial charge >= 0.3 is 0 Å². The Kier molecular flexibility index (Phi) is 3.62. The van der Waals surface area contributed by atoms with Crippen LogP contribution in [-0.2, 0) is 13.8 Å². The Labute approximate surface area is 78.9 Å². The first kappa shape index (κ1) is 12.0. The fourth-order valence-corrected chi connectivity index (χ4v) is 1.51. The molecule has 1 aliphatic rings. The van der Waals surface area contributed by atoms with E-state index in [1.165, 1.54) is 0 Å². The number of hydrogen-bond acceptors (Lipinski definition) is 8. The lowest BCUT2D eigenvalue weighted by Gasteiger charge is -2.32. The van der Waals surface area contributed by atoms with E-state index in [0.717, 1.165) is 0 Å². The van der Waals surface area contributed by atoms with Crippen molar-refractivity contribution < 1.29 is 38.9 Å². The molecule has 0 aliphatic carbocycles. The van der Waals surface area contributed by atoms with Crippen molar-refractivity contribution in [1.29, 1.82) is 0 Å². The maximum absolute atomic E-state index is 10.1. The number of aliphatic hydroxyl groups is 3. The number of phosphoric acid groups is 1. The van der Waals surface area contributed by atoms with E-state index in [-0.39, 0.29) is 0 Å². The molecule has 0 radical (unpaired) electrons. The molecule has 14 heavy (non-hydrogen) atoms. The van der Waals surface area contributed by atoms with Crippen LogP contribution in [0.2, 0.25) is 0 Å². The lowest BCUT2D eigenvalue weighted by atomic mass is 10.1. The molecule has 3 N–H and O–H groups in total. The molecule has 0 amide bonds. The van der Waals surface area contributed by atoms with Crippen molar-refractivity contribution >= 4 is 7.82 Å². The molecule has 1 unspecified atom stereocenters. The molecular weight excluding hydrogens is 219 g/mol. The van der Waals surface area contributed by atoms with Crippen LogP contribution in [0.15, 0.2) is 0 Å². The van der Waals surface area contributed by atoms with Crippen molar-refractivity contribution in [3.63, 3.8) is 0 Å². The predicted octanol–water partition coefficient (Wildman–Crippen LogP) is -3.73. The zero-order chi connectivity index (χ0) is 10.9. The lowest BCUT2D eigenvalue weighted by Crippen LogP contribution is -2.35. The molecule has 9 heteroatoms. The average Bonchev–Trinajstić information content (AvgIpc) is 2.30. The Morgan fingerprint density at radius 1 is 1.36 bits per heavy atom. The van der Waals surface area contributed by atoms with E-state index in [1.54, 1.807) is 0 Å². The summed E-state index contributed by atoms with van der Waals surface area (Å²) in [5.41, 5.74) is 0. The van der Waals surface area contributed by atoms with Crippen LogP contribution in [0.5, 0.6) is 0 Å². The van der Waals surface area contributed by atoms with Gasteiger partial charge in [-0.25, -0.2) is 0 Å². The van der Waals surface area contributed by atoms with Crippen molar-refractivity contribution in [2.75, 3.05) is 6.61 Å². The van der Waals surface area contributed by atoms with Gasteiger partial charge in [-0.3, -0.25) is 0 Å². The monoisotopic (exact) mass is 228 g/mol. The maximum Gasteiger partial charge on any atom is 0.191 e. The van der Waals surface area contributed by atoms with Crippen molar-refractivity contribution in [2.45, 2.75) is 24.6 Å². The summed E-state index contributed by atoms with van der Waals surface area (Å²) < 4.78 is 18.5. The Morgan fingerprint density at radius 2 is 1.93 bits per heavy atom. The lowest BCUT2D eigenvalue weighted by molar-refractivity contribution is -0.354. The van der Waals surface area contributed by atoms with Crippen LogP contribution < -0.4 is 9.79 Å². The van der Waals surface area contributed by atoms with Crippen LogP contribution in [0, 0.1) is 0 Å². The first-order valence-electron chi connectivity index (χ1n) is 3.68. The van der Waals surface area contributed by atoms with E-state index < -0.39 is 39.0 Å². The molecule has 0 aromatic rings. The minimum atomic E-state index is -5.29. The zero-order valence-electron chi connectivity index (χ0n) is 6.85. The van der Waals surface area contributed by atoms with Gasteiger partial charge in [-0.15, -0.1) is 0 Å². The highest BCUT2D eigenvalue weighted by molar-refractivity contribution is 7.43. The summed E-state index contributed by atoms with van der Waals surface area (Å²) in [5, 5.41) is 26.8. The van der Waals surface area contributed by atoms with Gasteiger partial charge in [0, 0.05) is 0 Å². The summed E-state index contributed by atoms with van der Waals surface area (Å²) in [6.45, 7) is -0.625. The van der Waals surface area contributed by atoms with Crippen molar-refractivity contribution in [1.82, 2.24) is 0 Å². The van der Waals surface area contributed by atoms with Crippen LogP contribution in [0.1, 0.15) is 0 Å². The summed E-state index contributed by atoms with van der Waals surface area (Å²) >= 11 is 0. The molecule has 4 atom stereocenters. The van der Waals surface area contributed by atoms with Gasteiger partial charge < -0.3 is 38.9 Å². The number of hydrogen-bond donors (Lipinski definition) is 3. The molecule has 1 heterocycles. The second-order valence-corrected chi connectivity index (χ2v) is 3.86. The van der Waals surface area contributed by atoms with E-state index in [1.807, 2.05) is 0 Å². The molecule has 1 saturated heterocycles. The molecular formula is C5H9O8P-2. The number of phosphoric ester groups is 1. The molecule has 0 aromatic heterocycles. The second kappa shape index (κ2) is 4.21. The van der Waals surface area contributed by atoms with Gasteiger partial charge in [-0.2, -0.15) is 0 Å². The van der Waals surface area contributed by atoms with Crippen molar-refractivity contribution in [3.8, 4) is 0 Å². The average molecular weight is 228 g/mol. The highest BCUT2D eigenvalue weighted by Crippen LogP contribution is 2.33. The van der Waals surface area contributed by atoms with E-state index in [2.05, 4.69) is 9.26 Å². The van der Waals surface area contributed by atoms with E-state index in [4.69, 9.17) is 15.3 Å². The van der Waals surface area contributed by atoms with Gasteiger partial charge in [0.05, 0.1) is 14.4 Å².